The fourth-order valence-electron chi connectivity index (χ4n) is 1.84. The fraction of sp³-hybridized carbons (Fsp3) is 0.286. The number of benzene rings is 1. The lowest BCUT2D eigenvalue weighted by atomic mass is 10.1. The highest BCUT2D eigenvalue weighted by molar-refractivity contribution is 5.80. The van der Waals surface area contributed by atoms with Crippen LogP contribution in [0.2, 0.25) is 0 Å². The molecule has 1 heterocycles. The highest BCUT2D eigenvalue weighted by atomic mass is 16.5. The van der Waals surface area contributed by atoms with E-state index < -0.39 is 6.04 Å². The van der Waals surface area contributed by atoms with Gasteiger partial charge in [-0.15, -0.1) is 0 Å². The Morgan fingerprint density at radius 3 is 2.50 bits per heavy atom. The minimum Gasteiger partial charge on any atom is -0.497 e. The molecule has 1 aromatic heterocycles. The second-order valence-electron chi connectivity index (χ2n) is 4.28. The van der Waals surface area contributed by atoms with Gasteiger partial charge in [-0.25, -0.2) is 4.79 Å². The Hall–Kier alpha value is -2.50. The SMILES string of the molecule is COC(=O)C(Nc1ccc(OC)cc1)c1cnn(C)c1. The van der Waals surface area contributed by atoms with Crippen molar-refractivity contribution >= 4 is 11.7 Å². The quantitative estimate of drug-likeness (QED) is 0.842. The third kappa shape index (κ3) is 3.09. The average molecular weight is 275 g/mol. The summed E-state index contributed by atoms with van der Waals surface area (Å²) in [4.78, 5) is 11.9. The van der Waals surface area contributed by atoms with E-state index in [-0.39, 0.29) is 5.97 Å². The zero-order valence-electron chi connectivity index (χ0n) is 11.7. The molecule has 1 aromatic carbocycles. The number of esters is 1. The molecule has 0 saturated carbocycles. The highest BCUT2D eigenvalue weighted by Gasteiger charge is 2.22. The molecule has 1 N–H and O–H groups in total. The number of aryl methyl sites for hydroxylation is 1. The Labute approximate surface area is 117 Å². The van der Waals surface area contributed by atoms with E-state index in [4.69, 9.17) is 9.47 Å². The van der Waals surface area contributed by atoms with E-state index >= 15 is 0 Å². The molecule has 0 aliphatic heterocycles. The van der Waals surface area contributed by atoms with Crippen LogP contribution in [-0.4, -0.2) is 30.0 Å². The third-order valence-electron chi connectivity index (χ3n) is 2.90. The lowest BCUT2D eigenvalue weighted by Crippen LogP contribution is -2.21. The summed E-state index contributed by atoms with van der Waals surface area (Å²) in [5.41, 5.74) is 1.54. The topological polar surface area (TPSA) is 65.4 Å². The van der Waals surface area contributed by atoms with Crippen molar-refractivity contribution in [3.8, 4) is 5.75 Å². The maximum absolute atomic E-state index is 11.9. The fourth-order valence-corrected chi connectivity index (χ4v) is 1.84. The van der Waals surface area contributed by atoms with Gasteiger partial charge < -0.3 is 14.8 Å². The van der Waals surface area contributed by atoms with Crippen LogP contribution in [0.3, 0.4) is 0 Å². The van der Waals surface area contributed by atoms with E-state index in [0.717, 1.165) is 17.0 Å². The molecular weight excluding hydrogens is 258 g/mol. The van der Waals surface area contributed by atoms with Crippen LogP contribution in [0.5, 0.6) is 5.75 Å². The first-order chi connectivity index (χ1) is 9.63. The van der Waals surface area contributed by atoms with Crippen molar-refractivity contribution in [1.29, 1.82) is 0 Å². The average Bonchev–Trinajstić information content (AvgIpc) is 2.91. The molecule has 0 spiro atoms. The second-order valence-corrected chi connectivity index (χ2v) is 4.28. The molecule has 1 atom stereocenters. The van der Waals surface area contributed by atoms with Gasteiger partial charge in [-0.1, -0.05) is 0 Å². The van der Waals surface area contributed by atoms with Crippen LogP contribution >= 0.6 is 0 Å². The van der Waals surface area contributed by atoms with Gasteiger partial charge in [-0.05, 0) is 24.3 Å². The van der Waals surface area contributed by atoms with Gasteiger partial charge in [-0.2, -0.15) is 5.10 Å². The summed E-state index contributed by atoms with van der Waals surface area (Å²) in [7, 11) is 4.77. The summed E-state index contributed by atoms with van der Waals surface area (Å²) in [5, 5.41) is 7.20. The van der Waals surface area contributed by atoms with E-state index in [9.17, 15) is 4.79 Å². The summed E-state index contributed by atoms with van der Waals surface area (Å²) in [6.45, 7) is 0. The van der Waals surface area contributed by atoms with E-state index in [1.54, 1.807) is 31.2 Å². The Morgan fingerprint density at radius 1 is 1.30 bits per heavy atom. The minimum absolute atomic E-state index is 0.367. The molecule has 0 radical (unpaired) electrons. The number of hydrogen-bond donors (Lipinski definition) is 1. The molecule has 0 fully saturated rings. The predicted octanol–water partition coefficient (Wildman–Crippen LogP) is 1.75. The summed E-state index contributed by atoms with van der Waals surface area (Å²) in [6, 6.07) is 6.72. The largest absolute Gasteiger partial charge is 0.497 e. The van der Waals surface area contributed by atoms with E-state index in [1.165, 1.54) is 7.11 Å². The first-order valence-corrected chi connectivity index (χ1v) is 6.11. The summed E-state index contributed by atoms with van der Waals surface area (Å²) in [6.07, 6.45) is 3.41. The summed E-state index contributed by atoms with van der Waals surface area (Å²) in [5.74, 6) is 0.389. The van der Waals surface area contributed by atoms with Crippen molar-refractivity contribution in [3.63, 3.8) is 0 Å². The summed E-state index contributed by atoms with van der Waals surface area (Å²) < 4.78 is 11.6. The van der Waals surface area contributed by atoms with Gasteiger partial charge in [0.25, 0.3) is 0 Å². The van der Waals surface area contributed by atoms with Gasteiger partial charge in [-0.3, -0.25) is 4.68 Å². The number of nitrogens with one attached hydrogen (secondary N) is 1. The monoisotopic (exact) mass is 275 g/mol. The molecule has 0 bridgehead atoms. The molecule has 20 heavy (non-hydrogen) atoms. The van der Waals surface area contributed by atoms with Gasteiger partial charge in [0.1, 0.15) is 5.75 Å². The molecule has 0 saturated heterocycles. The Bertz CT molecular complexity index is 578. The van der Waals surface area contributed by atoms with Crippen LogP contribution in [0, 0.1) is 0 Å². The normalized spacial score (nSPS) is 11.8. The van der Waals surface area contributed by atoms with Gasteiger partial charge in [0, 0.05) is 24.5 Å². The Balaban J connectivity index is 2.21. The van der Waals surface area contributed by atoms with Crippen molar-refractivity contribution in [1.82, 2.24) is 9.78 Å². The van der Waals surface area contributed by atoms with Gasteiger partial charge in [0.05, 0.1) is 20.4 Å². The van der Waals surface area contributed by atoms with Gasteiger partial charge >= 0.3 is 5.97 Å². The van der Waals surface area contributed by atoms with Crippen molar-refractivity contribution in [2.24, 2.45) is 7.05 Å². The third-order valence-corrected chi connectivity index (χ3v) is 2.90. The van der Waals surface area contributed by atoms with Gasteiger partial charge in [0.15, 0.2) is 6.04 Å². The smallest absolute Gasteiger partial charge is 0.333 e. The van der Waals surface area contributed by atoms with Crippen LogP contribution in [0.1, 0.15) is 11.6 Å². The molecule has 2 aromatic rings. The first kappa shape index (κ1) is 13.9. The molecule has 1 unspecified atom stereocenters. The second kappa shape index (κ2) is 6.10. The van der Waals surface area contributed by atoms with Crippen molar-refractivity contribution in [3.05, 3.63) is 42.2 Å². The number of carbonyl (C=O) groups is 1. The van der Waals surface area contributed by atoms with Crippen LogP contribution < -0.4 is 10.1 Å². The predicted molar refractivity (Wildman–Crippen MR) is 74.6 cm³/mol. The summed E-state index contributed by atoms with van der Waals surface area (Å²) >= 11 is 0. The lowest BCUT2D eigenvalue weighted by molar-refractivity contribution is -0.141. The van der Waals surface area contributed by atoms with Crippen molar-refractivity contribution < 1.29 is 14.3 Å². The lowest BCUT2D eigenvalue weighted by Gasteiger charge is -2.16. The number of nitrogens with zero attached hydrogens (tertiary/aromatic N) is 2. The zero-order chi connectivity index (χ0) is 14.5. The molecule has 0 amide bonds. The maximum Gasteiger partial charge on any atom is 0.333 e. The minimum atomic E-state index is -0.595. The Morgan fingerprint density at radius 2 is 2.00 bits per heavy atom. The number of aromatic nitrogens is 2. The van der Waals surface area contributed by atoms with Gasteiger partial charge in [0.2, 0.25) is 0 Å². The molecule has 6 heteroatoms. The number of rotatable bonds is 5. The number of hydrogen-bond acceptors (Lipinski definition) is 5. The van der Waals surface area contributed by atoms with Crippen LogP contribution in [0.25, 0.3) is 0 Å². The number of anilines is 1. The molecular formula is C14H17N3O3. The van der Waals surface area contributed by atoms with E-state index in [2.05, 4.69) is 10.4 Å². The number of carbonyl (C=O) groups excluding carboxylic acids is 1. The molecule has 6 nitrogen and oxygen atoms in total. The number of methoxy groups -OCH3 is 2. The van der Waals surface area contributed by atoms with Crippen molar-refractivity contribution in [2.75, 3.05) is 19.5 Å². The first-order valence-electron chi connectivity index (χ1n) is 6.11. The Kier molecular flexibility index (Phi) is 4.24. The molecule has 2 rings (SSSR count). The zero-order valence-corrected chi connectivity index (χ0v) is 11.7. The molecule has 106 valence electrons. The molecule has 0 aliphatic rings. The van der Waals surface area contributed by atoms with Crippen LogP contribution in [0.15, 0.2) is 36.7 Å². The molecule has 0 aliphatic carbocycles. The highest BCUT2D eigenvalue weighted by Crippen LogP contribution is 2.22. The van der Waals surface area contributed by atoms with E-state index in [0.29, 0.717) is 0 Å². The standard InChI is InChI=1S/C14H17N3O3/c1-17-9-10(8-15-17)13(14(18)20-3)16-11-4-6-12(19-2)7-5-11/h4-9,13,16H,1-3H3. The van der Waals surface area contributed by atoms with Crippen molar-refractivity contribution in [2.45, 2.75) is 6.04 Å². The van der Waals surface area contributed by atoms with Crippen LogP contribution in [0.4, 0.5) is 5.69 Å². The number of ether oxygens (including phenoxy) is 2. The maximum atomic E-state index is 11.9. The van der Waals surface area contributed by atoms with Crippen LogP contribution in [-0.2, 0) is 16.6 Å². The van der Waals surface area contributed by atoms with E-state index in [1.807, 2.05) is 24.3 Å².